The Balaban J connectivity index is 1.91. The van der Waals surface area contributed by atoms with Crippen LogP contribution in [0.4, 0.5) is 5.69 Å². The van der Waals surface area contributed by atoms with Crippen LogP contribution < -0.4 is 4.90 Å². The molecule has 1 heterocycles. The molecule has 23 heavy (non-hydrogen) atoms. The van der Waals surface area contributed by atoms with Crippen LogP contribution in [0.3, 0.4) is 0 Å². The van der Waals surface area contributed by atoms with Crippen molar-refractivity contribution in [1.82, 2.24) is 0 Å². The number of nitrogens with zero attached hydrogens (tertiary/aromatic N) is 1. The smallest absolute Gasteiger partial charge is 0.268 e. The maximum Gasteiger partial charge on any atom is 0.270 e. The number of carbonyl (C=O) groups is 1. The zero-order chi connectivity index (χ0) is 16.4. The molecular formula is C18H15NOS3. The third-order valence-corrected chi connectivity index (χ3v) is 5.51. The van der Waals surface area contributed by atoms with Crippen molar-refractivity contribution in [2.24, 2.45) is 0 Å². The lowest BCUT2D eigenvalue weighted by Gasteiger charge is -2.15. The van der Waals surface area contributed by atoms with Crippen LogP contribution in [-0.4, -0.2) is 16.5 Å². The zero-order valence-corrected chi connectivity index (χ0v) is 15.2. The molecule has 1 saturated heterocycles. The third kappa shape index (κ3) is 3.52. The second-order valence-electron chi connectivity index (χ2n) is 5.13. The van der Waals surface area contributed by atoms with Crippen LogP contribution >= 0.6 is 35.7 Å². The summed E-state index contributed by atoms with van der Waals surface area (Å²) in [5, 5.41) is 0. The van der Waals surface area contributed by atoms with Crippen molar-refractivity contribution in [3.8, 4) is 0 Å². The van der Waals surface area contributed by atoms with Gasteiger partial charge in [0.25, 0.3) is 5.91 Å². The first-order chi connectivity index (χ1) is 11.1. The molecule has 116 valence electrons. The van der Waals surface area contributed by atoms with E-state index in [1.165, 1.54) is 17.3 Å². The molecule has 2 aromatic carbocycles. The van der Waals surface area contributed by atoms with Crippen molar-refractivity contribution in [3.05, 3.63) is 64.6 Å². The number of thioether (sulfide) groups is 2. The van der Waals surface area contributed by atoms with Crippen LogP contribution in [0.2, 0.25) is 0 Å². The van der Waals surface area contributed by atoms with Crippen molar-refractivity contribution >= 4 is 57.7 Å². The summed E-state index contributed by atoms with van der Waals surface area (Å²) in [5.41, 5.74) is 3.03. The van der Waals surface area contributed by atoms with Gasteiger partial charge in [0.05, 0.1) is 10.6 Å². The highest BCUT2D eigenvalue weighted by molar-refractivity contribution is 8.27. The van der Waals surface area contributed by atoms with E-state index in [0.29, 0.717) is 9.23 Å². The Morgan fingerprint density at radius 3 is 2.61 bits per heavy atom. The zero-order valence-electron chi connectivity index (χ0n) is 12.8. The number of hydrogen-bond acceptors (Lipinski definition) is 4. The van der Waals surface area contributed by atoms with E-state index >= 15 is 0 Å². The first kappa shape index (κ1) is 16.3. The second kappa shape index (κ2) is 6.91. The minimum atomic E-state index is -0.0566. The molecule has 5 heteroatoms. The van der Waals surface area contributed by atoms with Gasteiger partial charge in [-0.2, -0.15) is 0 Å². The standard InChI is InChI=1S/C18H15NOS3/c1-12-6-8-13(9-7-12)10-16-17(20)19(18(21)23-16)14-4-3-5-15(11-14)22-2/h3-11H,1-2H3/b16-10+. The molecule has 0 spiro atoms. The van der Waals surface area contributed by atoms with Crippen LogP contribution in [0.25, 0.3) is 6.08 Å². The van der Waals surface area contributed by atoms with Crippen LogP contribution in [0.15, 0.2) is 58.3 Å². The molecule has 0 aliphatic carbocycles. The van der Waals surface area contributed by atoms with E-state index in [1.54, 1.807) is 16.7 Å². The number of benzene rings is 2. The van der Waals surface area contributed by atoms with Gasteiger partial charge >= 0.3 is 0 Å². The van der Waals surface area contributed by atoms with Gasteiger partial charge in [-0.05, 0) is 43.0 Å². The van der Waals surface area contributed by atoms with E-state index in [1.807, 2.05) is 67.8 Å². The van der Waals surface area contributed by atoms with Gasteiger partial charge in [0.2, 0.25) is 0 Å². The number of anilines is 1. The van der Waals surface area contributed by atoms with E-state index in [-0.39, 0.29) is 5.91 Å². The molecule has 0 atom stereocenters. The largest absolute Gasteiger partial charge is 0.270 e. The molecule has 1 aliphatic heterocycles. The summed E-state index contributed by atoms with van der Waals surface area (Å²) in [6, 6.07) is 16.0. The third-order valence-electron chi connectivity index (χ3n) is 3.48. The van der Waals surface area contributed by atoms with Gasteiger partial charge in [-0.25, -0.2) is 0 Å². The summed E-state index contributed by atoms with van der Waals surface area (Å²) in [7, 11) is 0. The quantitative estimate of drug-likeness (QED) is 0.431. The average molecular weight is 358 g/mol. The number of hydrogen-bond donors (Lipinski definition) is 0. The maximum absolute atomic E-state index is 12.7. The van der Waals surface area contributed by atoms with Gasteiger partial charge in [0, 0.05) is 4.90 Å². The Labute approximate surface area is 150 Å². The minimum absolute atomic E-state index is 0.0566. The van der Waals surface area contributed by atoms with Crippen molar-refractivity contribution < 1.29 is 4.79 Å². The van der Waals surface area contributed by atoms with Crippen molar-refractivity contribution in [3.63, 3.8) is 0 Å². The maximum atomic E-state index is 12.7. The minimum Gasteiger partial charge on any atom is -0.268 e. The molecule has 1 amide bonds. The monoisotopic (exact) mass is 357 g/mol. The van der Waals surface area contributed by atoms with E-state index in [9.17, 15) is 4.79 Å². The number of amides is 1. The van der Waals surface area contributed by atoms with E-state index in [0.717, 1.165) is 16.1 Å². The Hall–Kier alpha value is -1.56. The van der Waals surface area contributed by atoms with Gasteiger partial charge in [-0.15, -0.1) is 11.8 Å². The predicted molar refractivity (Wildman–Crippen MR) is 105 cm³/mol. The molecule has 2 aromatic rings. The fourth-order valence-electron chi connectivity index (χ4n) is 2.25. The Morgan fingerprint density at radius 2 is 1.91 bits per heavy atom. The number of rotatable bonds is 3. The normalized spacial score (nSPS) is 16.4. The highest BCUT2D eigenvalue weighted by atomic mass is 32.2. The van der Waals surface area contributed by atoms with E-state index < -0.39 is 0 Å². The molecular weight excluding hydrogens is 342 g/mol. The second-order valence-corrected chi connectivity index (χ2v) is 7.68. The SMILES string of the molecule is CSc1cccc(N2C(=O)/C(=C\c3ccc(C)cc3)SC2=S)c1. The molecule has 3 rings (SSSR count). The van der Waals surface area contributed by atoms with Crippen molar-refractivity contribution in [2.75, 3.05) is 11.2 Å². The number of carbonyl (C=O) groups excluding carboxylic acids is 1. The molecule has 0 saturated carbocycles. The van der Waals surface area contributed by atoms with Crippen LogP contribution in [0, 0.1) is 6.92 Å². The van der Waals surface area contributed by atoms with Gasteiger partial charge in [0.1, 0.15) is 0 Å². The van der Waals surface area contributed by atoms with Crippen LogP contribution in [-0.2, 0) is 4.79 Å². The molecule has 0 bridgehead atoms. The Bertz CT molecular complexity index is 796. The summed E-state index contributed by atoms with van der Waals surface area (Å²) in [6.07, 6.45) is 3.91. The first-order valence-electron chi connectivity index (χ1n) is 7.07. The van der Waals surface area contributed by atoms with Gasteiger partial charge in [-0.3, -0.25) is 9.69 Å². The lowest BCUT2D eigenvalue weighted by atomic mass is 10.1. The topological polar surface area (TPSA) is 20.3 Å². The Morgan fingerprint density at radius 1 is 1.17 bits per heavy atom. The lowest BCUT2D eigenvalue weighted by Crippen LogP contribution is -2.27. The fraction of sp³-hybridized carbons (Fsp3) is 0.111. The summed E-state index contributed by atoms with van der Waals surface area (Å²) >= 11 is 8.41. The van der Waals surface area contributed by atoms with Crippen molar-refractivity contribution in [2.45, 2.75) is 11.8 Å². The Kier molecular flexibility index (Phi) is 4.90. The highest BCUT2D eigenvalue weighted by Gasteiger charge is 2.33. The molecule has 1 aliphatic rings. The fourth-order valence-corrected chi connectivity index (χ4v) is 4.01. The summed E-state index contributed by atoms with van der Waals surface area (Å²) in [5.74, 6) is -0.0566. The number of aryl methyl sites for hydroxylation is 1. The molecule has 0 aromatic heterocycles. The average Bonchev–Trinajstić information content (AvgIpc) is 2.83. The van der Waals surface area contributed by atoms with Crippen LogP contribution in [0.5, 0.6) is 0 Å². The van der Waals surface area contributed by atoms with Crippen molar-refractivity contribution in [1.29, 1.82) is 0 Å². The first-order valence-corrected chi connectivity index (χ1v) is 9.52. The summed E-state index contributed by atoms with van der Waals surface area (Å²) in [4.78, 5) is 16.1. The van der Waals surface area contributed by atoms with E-state index in [2.05, 4.69) is 0 Å². The summed E-state index contributed by atoms with van der Waals surface area (Å²) in [6.45, 7) is 2.04. The molecule has 1 fully saturated rings. The highest BCUT2D eigenvalue weighted by Crippen LogP contribution is 2.36. The van der Waals surface area contributed by atoms with Gasteiger partial charge < -0.3 is 0 Å². The van der Waals surface area contributed by atoms with Gasteiger partial charge in [0.15, 0.2) is 4.32 Å². The van der Waals surface area contributed by atoms with E-state index in [4.69, 9.17) is 12.2 Å². The van der Waals surface area contributed by atoms with Gasteiger partial charge in [-0.1, -0.05) is 59.9 Å². The molecule has 0 N–H and O–H groups in total. The molecule has 0 unspecified atom stereocenters. The molecule has 2 nitrogen and oxygen atoms in total. The number of thiocarbonyl (C=S) groups is 1. The molecule has 0 radical (unpaired) electrons. The van der Waals surface area contributed by atoms with Crippen LogP contribution in [0.1, 0.15) is 11.1 Å². The predicted octanol–water partition coefficient (Wildman–Crippen LogP) is 5.12. The summed E-state index contributed by atoms with van der Waals surface area (Å²) < 4.78 is 0.576. The lowest BCUT2D eigenvalue weighted by molar-refractivity contribution is -0.113.